The minimum atomic E-state index is -0.166. The third-order valence-electron chi connectivity index (χ3n) is 10.1. The van der Waals surface area contributed by atoms with Gasteiger partial charge in [0.15, 0.2) is 0 Å². The molecule has 0 spiro atoms. The van der Waals surface area contributed by atoms with Crippen LogP contribution in [0.15, 0.2) is 143 Å². The number of hydrogen-bond acceptors (Lipinski definition) is 2. The third-order valence-corrected chi connectivity index (χ3v) is 11.0. The molecule has 0 nitrogen and oxygen atoms in total. The Morgan fingerprint density at radius 3 is 0.978 bits per heavy atom. The lowest BCUT2D eigenvalue weighted by Crippen LogP contribution is -2.15. The van der Waals surface area contributed by atoms with Crippen LogP contribution in [-0.4, -0.2) is 0 Å². The van der Waals surface area contributed by atoms with E-state index in [-0.39, 0.29) is 5.41 Å². The highest BCUT2D eigenvalue weighted by Crippen LogP contribution is 2.52. The molecule has 0 fully saturated rings. The van der Waals surface area contributed by atoms with Gasteiger partial charge in [-0.2, -0.15) is 0 Å². The van der Waals surface area contributed by atoms with Gasteiger partial charge in [0.1, 0.15) is 0 Å². The third kappa shape index (κ3) is 3.76. The maximum Gasteiger partial charge on any atom is 0.0198 e. The van der Waals surface area contributed by atoms with E-state index in [0.29, 0.717) is 0 Å². The fourth-order valence-corrected chi connectivity index (χ4v) is 8.66. The van der Waals surface area contributed by atoms with E-state index in [4.69, 9.17) is 25.3 Å². The summed E-state index contributed by atoms with van der Waals surface area (Å²) in [5.41, 5.74) is 10.3. The molecule has 0 saturated carbocycles. The first kappa shape index (κ1) is 26.9. The molecular weight excluding hydrogens is 581 g/mol. The number of thiol groups is 2. The summed E-state index contributed by atoms with van der Waals surface area (Å²) < 4.78 is 0. The normalized spacial score (nSPS) is 13.5. The zero-order valence-corrected chi connectivity index (χ0v) is 26.9. The molecule has 1 aliphatic carbocycles. The molecule has 8 aromatic rings. The highest BCUT2D eigenvalue weighted by molar-refractivity contribution is 7.81. The van der Waals surface area contributed by atoms with Crippen LogP contribution in [0.1, 0.15) is 25.0 Å². The molecule has 1 aliphatic rings. The molecule has 214 valence electrons. The Bertz CT molecular complexity index is 2250. The Labute approximate surface area is 274 Å². The maximum atomic E-state index is 4.99. The number of hydrogen-bond donors (Lipinski definition) is 2. The minimum absolute atomic E-state index is 0.166. The summed E-state index contributed by atoms with van der Waals surface area (Å²) in [5.74, 6) is 0. The molecule has 0 aliphatic heterocycles. The average Bonchev–Trinajstić information content (AvgIpc) is 3.30. The predicted molar refractivity (Wildman–Crippen MR) is 199 cm³/mol. The summed E-state index contributed by atoms with van der Waals surface area (Å²) in [6.45, 7) is 4.76. The largest absolute Gasteiger partial charge is 0.142 e. The molecule has 0 saturated heterocycles. The zero-order chi connectivity index (χ0) is 30.4. The first-order valence-corrected chi connectivity index (χ1v) is 16.4. The van der Waals surface area contributed by atoms with E-state index in [0.717, 1.165) is 9.79 Å². The van der Waals surface area contributed by atoms with Crippen LogP contribution >= 0.6 is 25.3 Å². The van der Waals surface area contributed by atoms with Crippen LogP contribution in [0.3, 0.4) is 0 Å². The Hall–Kier alpha value is -4.50. The zero-order valence-electron chi connectivity index (χ0n) is 25.1. The van der Waals surface area contributed by atoms with Crippen molar-refractivity contribution in [3.63, 3.8) is 0 Å². The monoisotopic (exact) mass is 610 g/mol. The highest BCUT2D eigenvalue weighted by Gasteiger charge is 2.36. The van der Waals surface area contributed by atoms with Crippen molar-refractivity contribution in [2.24, 2.45) is 0 Å². The molecule has 0 amide bonds. The minimum Gasteiger partial charge on any atom is -0.142 e. The molecule has 2 heteroatoms. The topological polar surface area (TPSA) is 0 Å². The van der Waals surface area contributed by atoms with E-state index >= 15 is 0 Å². The van der Waals surface area contributed by atoms with E-state index in [1.54, 1.807) is 0 Å². The Balaban J connectivity index is 1.26. The predicted octanol–water partition coefficient (Wildman–Crippen LogP) is 12.5. The van der Waals surface area contributed by atoms with Gasteiger partial charge >= 0.3 is 0 Å². The number of rotatable bonds is 2. The standard InChI is InChI=1S/C43H30S2/c1-43(2)37-23-25(39-29-11-3-7-15-33(29)41(44)34-16-8-4-12-30(34)39)19-21-27(37)28-22-20-26(24-38(28)43)40-31-13-5-9-17-35(31)42(45)36-18-10-6-14-32(36)40/h3-24,44-45H,1-2H3. The molecule has 45 heavy (non-hydrogen) atoms. The van der Waals surface area contributed by atoms with Crippen LogP contribution in [0, 0.1) is 0 Å². The van der Waals surface area contributed by atoms with Crippen molar-refractivity contribution in [2.75, 3.05) is 0 Å². The van der Waals surface area contributed by atoms with Gasteiger partial charge in [-0.1, -0.05) is 135 Å². The molecule has 0 N–H and O–H groups in total. The van der Waals surface area contributed by atoms with Crippen molar-refractivity contribution in [2.45, 2.75) is 29.1 Å². The fraction of sp³-hybridized carbons (Fsp3) is 0.0698. The first-order valence-electron chi connectivity index (χ1n) is 15.5. The Kier molecular flexibility index (Phi) is 5.82. The quantitative estimate of drug-likeness (QED) is 0.141. The second-order valence-corrected chi connectivity index (χ2v) is 13.7. The molecular formula is C43H30S2. The van der Waals surface area contributed by atoms with Crippen molar-refractivity contribution in [1.82, 2.24) is 0 Å². The highest BCUT2D eigenvalue weighted by atomic mass is 32.1. The molecule has 9 rings (SSSR count). The van der Waals surface area contributed by atoms with Gasteiger partial charge in [0, 0.05) is 15.2 Å². The summed E-state index contributed by atoms with van der Waals surface area (Å²) in [4.78, 5) is 2.08. The lowest BCUT2D eigenvalue weighted by atomic mass is 9.80. The second kappa shape index (κ2) is 9.75. The van der Waals surface area contributed by atoms with Crippen LogP contribution < -0.4 is 0 Å². The van der Waals surface area contributed by atoms with Crippen LogP contribution in [0.4, 0.5) is 0 Å². The Morgan fingerprint density at radius 2 is 0.667 bits per heavy atom. The maximum absolute atomic E-state index is 4.99. The van der Waals surface area contributed by atoms with Crippen molar-refractivity contribution in [1.29, 1.82) is 0 Å². The fourth-order valence-electron chi connectivity index (χ4n) is 7.88. The summed E-state index contributed by atoms with van der Waals surface area (Å²) >= 11 is 9.98. The molecule has 0 unspecified atom stereocenters. The molecule has 0 aromatic heterocycles. The number of fused-ring (bicyclic) bond motifs is 7. The second-order valence-electron chi connectivity index (χ2n) is 12.8. The SMILES string of the molecule is CC1(C)c2cc(-c3c4ccccc4c(S)c4ccccc34)ccc2-c2ccc(-c3c4ccccc4c(S)c4ccccc34)cc21. The van der Waals surface area contributed by atoms with E-state index in [2.05, 4.69) is 147 Å². The van der Waals surface area contributed by atoms with Gasteiger partial charge in [-0.3, -0.25) is 0 Å². The van der Waals surface area contributed by atoms with Gasteiger partial charge in [-0.25, -0.2) is 0 Å². The average molecular weight is 611 g/mol. The van der Waals surface area contributed by atoms with Crippen molar-refractivity contribution in [3.8, 4) is 33.4 Å². The van der Waals surface area contributed by atoms with Crippen molar-refractivity contribution < 1.29 is 0 Å². The van der Waals surface area contributed by atoms with Crippen molar-refractivity contribution in [3.05, 3.63) is 145 Å². The van der Waals surface area contributed by atoms with Gasteiger partial charge in [0.05, 0.1) is 0 Å². The van der Waals surface area contributed by atoms with Gasteiger partial charge in [0.25, 0.3) is 0 Å². The molecule has 0 atom stereocenters. The molecule has 8 aromatic carbocycles. The van der Waals surface area contributed by atoms with Gasteiger partial charge < -0.3 is 0 Å². The van der Waals surface area contributed by atoms with Crippen LogP contribution in [0.2, 0.25) is 0 Å². The molecule has 0 bridgehead atoms. The van der Waals surface area contributed by atoms with E-state index in [9.17, 15) is 0 Å². The van der Waals surface area contributed by atoms with E-state index in [1.807, 2.05) is 0 Å². The lowest BCUT2D eigenvalue weighted by Gasteiger charge is -2.23. The summed E-state index contributed by atoms with van der Waals surface area (Å²) in [6, 6.07) is 48.9. The van der Waals surface area contributed by atoms with Crippen LogP contribution in [0.25, 0.3) is 76.5 Å². The van der Waals surface area contributed by atoms with Gasteiger partial charge in [0.2, 0.25) is 0 Å². The van der Waals surface area contributed by atoms with Gasteiger partial charge in [-0.05, 0) is 99.7 Å². The lowest BCUT2D eigenvalue weighted by molar-refractivity contribution is 0.661. The smallest absolute Gasteiger partial charge is 0.0198 e. The first-order chi connectivity index (χ1) is 21.9. The van der Waals surface area contributed by atoms with E-state index in [1.165, 1.54) is 87.6 Å². The Morgan fingerprint density at radius 1 is 0.378 bits per heavy atom. The number of benzene rings is 8. The summed E-state index contributed by atoms with van der Waals surface area (Å²) in [5, 5.41) is 9.71. The molecule has 0 heterocycles. The molecule has 0 radical (unpaired) electrons. The van der Waals surface area contributed by atoms with Crippen molar-refractivity contribution >= 4 is 68.3 Å². The summed E-state index contributed by atoms with van der Waals surface area (Å²) in [7, 11) is 0. The van der Waals surface area contributed by atoms with Crippen LogP contribution in [0.5, 0.6) is 0 Å². The van der Waals surface area contributed by atoms with Gasteiger partial charge in [-0.15, -0.1) is 25.3 Å². The van der Waals surface area contributed by atoms with E-state index < -0.39 is 0 Å². The summed E-state index contributed by atoms with van der Waals surface area (Å²) in [6.07, 6.45) is 0. The van der Waals surface area contributed by atoms with Crippen LogP contribution in [-0.2, 0) is 5.41 Å².